The number of carbonyl (C=O) groups is 2. The Hall–Kier alpha value is -2.71. The Bertz CT molecular complexity index is 1010. The Kier molecular flexibility index (Phi) is 6.15. The van der Waals surface area contributed by atoms with Crippen LogP contribution in [0.1, 0.15) is 30.0 Å². The van der Waals surface area contributed by atoms with Crippen LogP contribution >= 0.6 is 0 Å². The van der Waals surface area contributed by atoms with Crippen LogP contribution in [0, 0.1) is 0 Å². The normalized spacial score (nSPS) is 18.9. The number of nitrogens with zero attached hydrogens (tertiary/aromatic N) is 1. The fraction of sp³-hybridized carbons (Fsp3) is 0.500. The molecule has 0 bridgehead atoms. The van der Waals surface area contributed by atoms with E-state index < -0.39 is 17.6 Å². The number of carbonyl (C=O) groups excluding carboxylic acids is 2. The second-order valence-electron chi connectivity index (χ2n) is 7.65. The summed E-state index contributed by atoms with van der Waals surface area (Å²) in [6.07, 6.45) is 3.14. The smallest absolute Gasteiger partial charge is 0.336 e. The third kappa shape index (κ3) is 4.39. The number of hydrogen-bond donors (Lipinski definition) is 1. The number of fused-ring (bicyclic) bond motifs is 2. The molecule has 1 fully saturated rings. The molecule has 1 aliphatic heterocycles. The minimum atomic E-state index is -0.551. The Balaban J connectivity index is 1.56. The number of amides is 1. The summed E-state index contributed by atoms with van der Waals surface area (Å²) in [5, 5.41) is 3.53. The average Bonchev–Trinajstić information content (AvgIpc) is 3.18. The van der Waals surface area contributed by atoms with Gasteiger partial charge in [0.2, 0.25) is 5.91 Å². The maximum Gasteiger partial charge on any atom is 0.336 e. The number of morpholine rings is 1. The number of rotatable bonds is 6. The molecule has 8 heteroatoms. The van der Waals surface area contributed by atoms with Crippen LogP contribution < -0.4 is 10.9 Å². The fourth-order valence-corrected chi connectivity index (χ4v) is 4.20. The first-order chi connectivity index (χ1) is 14.5. The molecule has 2 aromatic rings. The molecule has 8 nitrogen and oxygen atoms in total. The van der Waals surface area contributed by atoms with E-state index in [9.17, 15) is 14.4 Å². The van der Waals surface area contributed by atoms with E-state index in [4.69, 9.17) is 13.9 Å². The van der Waals surface area contributed by atoms with Crippen molar-refractivity contribution in [1.29, 1.82) is 0 Å². The number of aryl methyl sites for hydroxylation is 2. The van der Waals surface area contributed by atoms with Crippen LogP contribution in [0.3, 0.4) is 0 Å². The lowest BCUT2D eigenvalue weighted by Gasteiger charge is -2.34. The third-order valence-electron chi connectivity index (χ3n) is 5.67. The quantitative estimate of drug-likeness (QED) is 0.560. The first-order valence-electron chi connectivity index (χ1n) is 10.4. The van der Waals surface area contributed by atoms with Gasteiger partial charge < -0.3 is 19.2 Å². The van der Waals surface area contributed by atoms with Gasteiger partial charge in [-0.15, -0.1) is 0 Å². The van der Waals surface area contributed by atoms with Crippen LogP contribution in [0.25, 0.3) is 11.0 Å². The van der Waals surface area contributed by atoms with Gasteiger partial charge in [0.05, 0.1) is 19.8 Å². The molecule has 1 amide bonds. The molecule has 0 saturated carbocycles. The van der Waals surface area contributed by atoms with Gasteiger partial charge in [0, 0.05) is 24.5 Å². The van der Waals surface area contributed by atoms with E-state index in [1.54, 1.807) is 6.92 Å². The molecule has 1 aliphatic carbocycles. The largest absolute Gasteiger partial charge is 0.465 e. The van der Waals surface area contributed by atoms with E-state index in [0.717, 1.165) is 30.2 Å². The molecule has 160 valence electrons. The molecule has 1 aromatic heterocycles. The van der Waals surface area contributed by atoms with Gasteiger partial charge in [-0.2, -0.15) is 0 Å². The van der Waals surface area contributed by atoms with Crippen LogP contribution in [0.2, 0.25) is 0 Å². The van der Waals surface area contributed by atoms with Gasteiger partial charge in [0.1, 0.15) is 18.2 Å². The topological polar surface area (TPSA) is 98.1 Å². The van der Waals surface area contributed by atoms with Crippen molar-refractivity contribution in [1.82, 2.24) is 10.2 Å². The summed E-state index contributed by atoms with van der Waals surface area (Å²) in [6, 6.07) is 5.05. The van der Waals surface area contributed by atoms with E-state index in [1.807, 2.05) is 11.0 Å². The van der Waals surface area contributed by atoms with Gasteiger partial charge >= 0.3 is 11.6 Å². The van der Waals surface area contributed by atoms with E-state index in [-0.39, 0.29) is 25.7 Å². The Morgan fingerprint density at radius 2 is 2.03 bits per heavy atom. The molecule has 30 heavy (non-hydrogen) atoms. The second kappa shape index (κ2) is 8.97. The molecule has 2 heterocycles. The maximum absolute atomic E-state index is 12.7. The van der Waals surface area contributed by atoms with Gasteiger partial charge in [-0.25, -0.2) is 4.79 Å². The van der Waals surface area contributed by atoms with E-state index >= 15 is 0 Å². The summed E-state index contributed by atoms with van der Waals surface area (Å²) in [6.45, 7) is 3.49. The van der Waals surface area contributed by atoms with E-state index in [2.05, 4.69) is 11.4 Å². The van der Waals surface area contributed by atoms with Crippen LogP contribution in [0.5, 0.6) is 0 Å². The highest BCUT2D eigenvalue weighted by Crippen LogP contribution is 2.29. The third-order valence-corrected chi connectivity index (χ3v) is 5.67. The molecule has 1 N–H and O–H groups in total. The molecular formula is C22H26N2O6. The van der Waals surface area contributed by atoms with Crippen molar-refractivity contribution in [2.24, 2.45) is 0 Å². The standard InChI is InChI=1S/C22H26N2O6/c1-2-29-21(26)11-23-22(27)18-13-28-7-6-24(18)12-16-10-20(25)30-19-9-15-5-3-4-14(15)8-17(16)19/h8-10,18H,2-7,11-13H2,1H3,(H,23,27)/t18-/m1/s1. The molecule has 0 radical (unpaired) electrons. The second-order valence-corrected chi connectivity index (χ2v) is 7.65. The summed E-state index contributed by atoms with van der Waals surface area (Å²) in [5.41, 5.74) is 3.57. The zero-order chi connectivity index (χ0) is 21.1. The number of ether oxygens (including phenoxy) is 2. The first-order valence-corrected chi connectivity index (χ1v) is 10.4. The van der Waals surface area contributed by atoms with Gasteiger partial charge in [0.25, 0.3) is 0 Å². The predicted octanol–water partition coefficient (Wildman–Crippen LogP) is 1.16. The monoisotopic (exact) mass is 414 g/mol. The van der Waals surface area contributed by atoms with Gasteiger partial charge in [-0.1, -0.05) is 0 Å². The van der Waals surface area contributed by atoms with Crippen molar-refractivity contribution >= 4 is 22.8 Å². The number of hydrogen-bond acceptors (Lipinski definition) is 7. The average molecular weight is 414 g/mol. The maximum atomic E-state index is 12.7. The van der Waals surface area contributed by atoms with Crippen LogP contribution in [0.15, 0.2) is 27.4 Å². The van der Waals surface area contributed by atoms with Gasteiger partial charge in [-0.3, -0.25) is 14.5 Å². The van der Waals surface area contributed by atoms with Crippen molar-refractivity contribution in [2.45, 2.75) is 38.8 Å². The molecule has 2 aliphatic rings. The Morgan fingerprint density at radius 1 is 1.23 bits per heavy atom. The van der Waals surface area contributed by atoms with Crippen molar-refractivity contribution < 1.29 is 23.5 Å². The lowest BCUT2D eigenvalue weighted by Crippen LogP contribution is -2.54. The van der Waals surface area contributed by atoms with Crippen LogP contribution in [-0.4, -0.2) is 55.7 Å². The SMILES string of the molecule is CCOC(=O)CNC(=O)[C@H]1COCCN1Cc1cc(=O)oc2cc3c(cc12)CCC3. The van der Waals surface area contributed by atoms with Gasteiger partial charge in [-0.05, 0) is 55.0 Å². The van der Waals surface area contributed by atoms with Crippen molar-refractivity contribution in [3.05, 3.63) is 45.3 Å². The zero-order valence-corrected chi connectivity index (χ0v) is 17.1. The number of esters is 1. The summed E-state index contributed by atoms with van der Waals surface area (Å²) in [5.74, 6) is -0.773. The summed E-state index contributed by atoms with van der Waals surface area (Å²) >= 11 is 0. The minimum absolute atomic E-state index is 0.180. The zero-order valence-electron chi connectivity index (χ0n) is 17.1. The molecule has 1 atom stereocenters. The molecule has 0 spiro atoms. The first kappa shape index (κ1) is 20.6. The molecule has 0 unspecified atom stereocenters. The van der Waals surface area contributed by atoms with E-state index in [1.165, 1.54) is 17.2 Å². The molecule has 1 saturated heterocycles. The van der Waals surface area contributed by atoms with Crippen LogP contribution in [0.4, 0.5) is 0 Å². The highest BCUT2D eigenvalue weighted by molar-refractivity contribution is 5.86. The van der Waals surface area contributed by atoms with Crippen molar-refractivity contribution in [3.63, 3.8) is 0 Å². The molecule has 4 rings (SSSR count). The Labute approximate surface area is 174 Å². The van der Waals surface area contributed by atoms with Crippen molar-refractivity contribution in [2.75, 3.05) is 32.9 Å². The summed E-state index contributed by atoms with van der Waals surface area (Å²) in [7, 11) is 0. The lowest BCUT2D eigenvalue weighted by atomic mass is 10.0. The van der Waals surface area contributed by atoms with Gasteiger partial charge in [0.15, 0.2) is 0 Å². The predicted molar refractivity (Wildman–Crippen MR) is 109 cm³/mol. The van der Waals surface area contributed by atoms with Crippen molar-refractivity contribution in [3.8, 4) is 0 Å². The molecule has 1 aromatic carbocycles. The minimum Gasteiger partial charge on any atom is -0.465 e. The fourth-order valence-electron chi connectivity index (χ4n) is 4.20. The summed E-state index contributed by atoms with van der Waals surface area (Å²) < 4.78 is 15.8. The Morgan fingerprint density at radius 3 is 2.83 bits per heavy atom. The summed E-state index contributed by atoms with van der Waals surface area (Å²) in [4.78, 5) is 38.4. The van der Waals surface area contributed by atoms with E-state index in [0.29, 0.717) is 25.3 Å². The van der Waals surface area contributed by atoms with Crippen LogP contribution in [-0.2, 0) is 38.4 Å². The number of benzene rings is 1. The lowest BCUT2D eigenvalue weighted by molar-refractivity contribution is -0.145. The highest BCUT2D eigenvalue weighted by atomic mass is 16.5. The number of nitrogens with one attached hydrogen (secondary N) is 1. The highest BCUT2D eigenvalue weighted by Gasteiger charge is 2.30. The molecular weight excluding hydrogens is 388 g/mol.